The number of carbonyl (C=O) groups excluding carboxylic acids is 1. The average molecular weight is 344 g/mol. The molecule has 1 amide bonds. The molecule has 3 rings (SSSR count). The number of thiazole rings is 1. The largest absolute Gasteiger partial charge is 0.351 e. The van der Waals surface area contributed by atoms with Crippen molar-refractivity contribution < 1.29 is 4.79 Å². The lowest BCUT2D eigenvalue weighted by Gasteiger charge is -2.27. The summed E-state index contributed by atoms with van der Waals surface area (Å²) in [6.07, 6.45) is 9.70. The number of aromatic nitrogens is 3. The molecule has 128 valence electrons. The van der Waals surface area contributed by atoms with Gasteiger partial charge in [0.05, 0.1) is 5.69 Å². The number of carbonyl (C=O) groups is 1. The predicted octanol–water partition coefficient (Wildman–Crippen LogP) is 3.85. The summed E-state index contributed by atoms with van der Waals surface area (Å²) < 4.78 is 0. The number of hydrogen-bond donors (Lipinski definition) is 1. The summed E-state index contributed by atoms with van der Waals surface area (Å²) in [6, 6.07) is 1.77. The summed E-state index contributed by atoms with van der Waals surface area (Å²) >= 11 is 1.36. The summed E-state index contributed by atoms with van der Waals surface area (Å²) in [4.78, 5) is 26.0. The van der Waals surface area contributed by atoms with Gasteiger partial charge in [-0.2, -0.15) is 0 Å². The second-order valence-corrected chi connectivity index (χ2v) is 7.51. The smallest absolute Gasteiger partial charge is 0.263 e. The van der Waals surface area contributed by atoms with Crippen molar-refractivity contribution in [2.24, 2.45) is 11.8 Å². The molecule has 24 heavy (non-hydrogen) atoms. The van der Waals surface area contributed by atoms with E-state index in [0.717, 1.165) is 18.2 Å². The highest BCUT2D eigenvalue weighted by Gasteiger charge is 2.22. The van der Waals surface area contributed by atoms with Crippen molar-refractivity contribution in [3.8, 4) is 10.8 Å². The highest BCUT2D eigenvalue weighted by Crippen LogP contribution is 2.30. The number of nitrogens with zero attached hydrogens (tertiary/aromatic N) is 3. The van der Waals surface area contributed by atoms with Crippen molar-refractivity contribution in [2.75, 3.05) is 6.54 Å². The van der Waals surface area contributed by atoms with Gasteiger partial charge in [-0.1, -0.05) is 26.2 Å². The molecule has 1 aliphatic carbocycles. The molecule has 0 aromatic carbocycles. The van der Waals surface area contributed by atoms with Gasteiger partial charge in [0.15, 0.2) is 10.8 Å². The first kappa shape index (κ1) is 17.0. The molecule has 2 aromatic heterocycles. The van der Waals surface area contributed by atoms with Crippen LogP contribution in [-0.2, 0) is 0 Å². The number of aryl methyl sites for hydroxylation is 1. The second kappa shape index (κ2) is 7.83. The molecule has 2 aromatic rings. The van der Waals surface area contributed by atoms with E-state index in [9.17, 15) is 4.79 Å². The molecule has 0 radical (unpaired) electrons. The van der Waals surface area contributed by atoms with Gasteiger partial charge in [-0.05, 0) is 37.7 Å². The van der Waals surface area contributed by atoms with Crippen LogP contribution in [0.1, 0.15) is 54.4 Å². The van der Waals surface area contributed by atoms with Crippen molar-refractivity contribution in [1.29, 1.82) is 0 Å². The first-order valence-corrected chi connectivity index (χ1v) is 9.52. The van der Waals surface area contributed by atoms with Crippen LogP contribution < -0.4 is 5.32 Å². The summed E-state index contributed by atoms with van der Waals surface area (Å²) in [5.41, 5.74) is 0.745. The van der Waals surface area contributed by atoms with E-state index in [1.54, 1.807) is 18.5 Å². The van der Waals surface area contributed by atoms with Gasteiger partial charge in [0, 0.05) is 18.9 Å². The summed E-state index contributed by atoms with van der Waals surface area (Å²) in [7, 11) is 0. The molecular weight excluding hydrogens is 320 g/mol. The Balaban J connectivity index is 1.59. The quantitative estimate of drug-likeness (QED) is 0.894. The van der Waals surface area contributed by atoms with Gasteiger partial charge in [-0.25, -0.2) is 15.0 Å². The van der Waals surface area contributed by atoms with Crippen LogP contribution in [0, 0.1) is 18.8 Å². The summed E-state index contributed by atoms with van der Waals surface area (Å²) in [6.45, 7) is 4.90. The normalized spacial score (nSPS) is 20.8. The van der Waals surface area contributed by atoms with Gasteiger partial charge < -0.3 is 5.32 Å². The molecule has 2 heterocycles. The lowest BCUT2D eigenvalue weighted by molar-refractivity contribution is 0.0944. The fraction of sp³-hybridized carbons (Fsp3) is 0.556. The third kappa shape index (κ3) is 3.98. The van der Waals surface area contributed by atoms with E-state index in [1.807, 2.05) is 6.92 Å². The molecule has 1 aliphatic rings. The van der Waals surface area contributed by atoms with Gasteiger partial charge in [-0.3, -0.25) is 4.79 Å². The predicted molar refractivity (Wildman–Crippen MR) is 95.9 cm³/mol. The van der Waals surface area contributed by atoms with Gasteiger partial charge in [0.1, 0.15) is 4.88 Å². The van der Waals surface area contributed by atoms with E-state index in [1.165, 1.54) is 43.4 Å². The molecule has 0 spiro atoms. The van der Waals surface area contributed by atoms with E-state index < -0.39 is 0 Å². The Morgan fingerprint density at radius 3 is 2.54 bits per heavy atom. The topological polar surface area (TPSA) is 67.8 Å². The van der Waals surface area contributed by atoms with Crippen molar-refractivity contribution in [3.05, 3.63) is 29.0 Å². The minimum absolute atomic E-state index is 0.0233. The van der Waals surface area contributed by atoms with Gasteiger partial charge in [-0.15, -0.1) is 11.3 Å². The van der Waals surface area contributed by atoms with E-state index in [-0.39, 0.29) is 5.91 Å². The van der Waals surface area contributed by atoms with Crippen LogP contribution in [0.25, 0.3) is 10.8 Å². The minimum atomic E-state index is -0.0233. The number of amides is 1. The first-order valence-electron chi connectivity index (χ1n) is 8.70. The van der Waals surface area contributed by atoms with Crippen LogP contribution in [0.4, 0.5) is 0 Å². The Morgan fingerprint density at radius 2 is 1.88 bits per heavy atom. The van der Waals surface area contributed by atoms with Crippen LogP contribution >= 0.6 is 11.3 Å². The van der Waals surface area contributed by atoms with Crippen molar-refractivity contribution in [2.45, 2.75) is 46.0 Å². The zero-order valence-electron chi connectivity index (χ0n) is 14.3. The average Bonchev–Trinajstić information content (AvgIpc) is 3.03. The fourth-order valence-electron chi connectivity index (χ4n) is 3.27. The van der Waals surface area contributed by atoms with Crippen LogP contribution in [0.15, 0.2) is 18.5 Å². The van der Waals surface area contributed by atoms with E-state index >= 15 is 0 Å². The molecule has 0 saturated heterocycles. The molecule has 5 nitrogen and oxygen atoms in total. The zero-order chi connectivity index (χ0) is 16.9. The number of nitrogens with one attached hydrogen (secondary N) is 1. The maximum atomic E-state index is 12.5. The van der Waals surface area contributed by atoms with Gasteiger partial charge in [0.2, 0.25) is 0 Å². The molecule has 0 bridgehead atoms. The Morgan fingerprint density at radius 1 is 1.21 bits per heavy atom. The fourth-order valence-corrected chi connectivity index (χ4v) is 4.20. The second-order valence-electron chi connectivity index (χ2n) is 6.51. The highest BCUT2D eigenvalue weighted by molar-refractivity contribution is 7.17. The van der Waals surface area contributed by atoms with Gasteiger partial charge >= 0.3 is 0 Å². The molecule has 1 fully saturated rings. The molecule has 0 atom stereocenters. The Bertz CT molecular complexity index is 678. The summed E-state index contributed by atoms with van der Waals surface area (Å²) in [5, 5.41) is 3.79. The monoisotopic (exact) mass is 344 g/mol. The van der Waals surface area contributed by atoms with Crippen LogP contribution in [0.2, 0.25) is 0 Å². The lowest BCUT2D eigenvalue weighted by Crippen LogP contribution is -2.31. The number of rotatable bonds is 5. The molecular formula is C18H24N4OS. The lowest BCUT2D eigenvalue weighted by atomic mass is 9.81. The molecule has 6 heteroatoms. The van der Waals surface area contributed by atoms with Crippen molar-refractivity contribution in [3.63, 3.8) is 0 Å². The Hall–Kier alpha value is -1.82. The molecule has 1 saturated carbocycles. The van der Waals surface area contributed by atoms with Crippen LogP contribution in [-0.4, -0.2) is 27.4 Å². The summed E-state index contributed by atoms with van der Waals surface area (Å²) in [5.74, 6) is 2.04. The van der Waals surface area contributed by atoms with Gasteiger partial charge in [0.25, 0.3) is 5.91 Å². The van der Waals surface area contributed by atoms with Crippen molar-refractivity contribution in [1.82, 2.24) is 20.3 Å². The Labute approximate surface area is 147 Å². The maximum Gasteiger partial charge on any atom is 0.263 e. The SMILES string of the molecule is CCC1CCC(CNC(=O)c2sc(-c3ncccn3)nc2C)CC1. The number of hydrogen-bond acceptors (Lipinski definition) is 5. The minimum Gasteiger partial charge on any atom is -0.351 e. The maximum absolute atomic E-state index is 12.5. The third-order valence-electron chi connectivity index (χ3n) is 4.85. The standard InChI is InChI=1S/C18H24N4OS/c1-3-13-5-7-14(8-6-13)11-21-17(23)15-12(2)22-18(24-15)16-19-9-4-10-20-16/h4,9-10,13-14H,3,5-8,11H2,1-2H3,(H,21,23). The van der Waals surface area contributed by atoms with Crippen LogP contribution in [0.5, 0.6) is 0 Å². The zero-order valence-corrected chi connectivity index (χ0v) is 15.1. The van der Waals surface area contributed by atoms with E-state index in [4.69, 9.17) is 0 Å². The van der Waals surface area contributed by atoms with Crippen molar-refractivity contribution >= 4 is 17.2 Å². The first-order chi connectivity index (χ1) is 11.7. The van der Waals surface area contributed by atoms with Crippen LogP contribution in [0.3, 0.4) is 0 Å². The third-order valence-corrected chi connectivity index (χ3v) is 6.01. The van der Waals surface area contributed by atoms with E-state index in [0.29, 0.717) is 21.6 Å². The van der Waals surface area contributed by atoms with E-state index in [2.05, 4.69) is 27.2 Å². The highest BCUT2D eigenvalue weighted by atomic mass is 32.1. The molecule has 0 aliphatic heterocycles. The molecule has 1 N–H and O–H groups in total. The Kier molecular flexibility index (Phi) is 5.56. The molecule has 0 unspecified atom stereocenters.